The van der Waals surface area contributed by atoms with Gasteiger partial charge in [0, 0.05) is 26.0 Å². The minimum Gasteiger partial charge on any atom is -0.486 e. The van der Waals surface area contributed by atoms with Gasteiger partial charge in [0.25, 0.3) is 5.91 Å². The molecule has 0 bridgehead atoms. The first kappa shape index (κ1) is 18.0. The number of pyridine rings is 1. The van der Waals surface area contributed by atoms with Gasteiger partial charge in [0.2, 0.25) is 0 Å². The molecule has 2 heterocycles. The van der Waals surface area contributed by atoms with Crippen molar-refractivity contribution in [3.8, 4) is 5.75 Å². The van der Waals surface area contributed by atoms with Gasteiger partial charge < -0.3 is 14.0 Å². The second-order valence-corrected chi connectivity index (χ2v) is 7.02. The zero-order chi connectivity index (χ0) is 18.7. The minimum absolute atomic E-state index is 0.0276. The molecule has 0 saturated heterocycles. The number of amides is 1. The van der Waals surface area contributed by atoms with Gasteiger partial charge in [-0.2, -0.15) is 0 Å². The fraction of sp³-hybridized carbons (Fsp3) is 0.333. The highest BCUT2D eigenvalue weighted by Crippen LogP contribution is 2.21. The lowest BCUT2D eigenvalue weighted by Crippen LogP contribution is -2.30. The number of rotatable bonds is 6. The molecule has 0 aliphatic heterocycles. The molecule has 0 saturated carbocycles. The molecule has 0 aliphatic carbocycles. The van der Waals surface area contributed by atoms with E-state index in [1.54, 1.807) is 4.90 Å². The summed E-state index contributed by atoms with van der Waals surface area (Å²) in [4.78, 5) is 19.1. The lowest BCUT2D eigenvalue weighted by atomic mass is 10.1. The minimum atomic E-state index is -0.0276. The Labute approximate surface area is 154 Å². The first-order valence-corrected chi connectivity index (χ1v) is 8.86. The Bertz CT molecular complexity index is 915. The summed E-state index contributed by atoms with van der Waals surface area (Å²) in [5.74, 6) is 0.972. The predicted octanol–water partition coefficient (Wildman–Crippen LogP) is 3.95. The van der Waals surface area contributed by atoms with Gasteiger partial charge in [-0.3, -0.25) is 4.79 Å². The monoisotopic (exact) mass is 351 g/mol. The molecule has 3 aromatic rings. The van der Waals surface area contributed by atoms with Crippen molar-refractivity contribution in [2.45, 2.75) is 27.4 Å². The van der Waals surface area contributed by atoms with E-state index >= 15 is 0 Å². The molecule has 1 aromatic carbocycles. The maximum absolute atomic E-state index is 12.7. The summed E-state index contributed by atoms with van der Waals surface area (Å²) in [5.41, 5.74) is 3.45. The van der Waals surface area contributed by atoms with Gasteiger partial charge in [-0.15, -0.1) is 0 Å². The third kappa shape index (κ3) is 3.87. The van der Waals surface area contributed by atoms with Crippen LogP contribution in [0.3, 0.4) is 0 Å². The van der Waals surface area contributed by atoms with Crippen molar-refractivity contribution < 1.29 is 9.53 Å². The number of aryl methyl sites for hydroxylation is 1. The van der Waals surface area contributed by atoms with E-state index in [4.69, 9.17) is 4.74 Å². The van der Waals surface area contributed by atoms with Gasteiger partial charge in [0.05, 0.1) is 11.3 Å². The summed E-state index contributed by atoms with van der Waals surface area (Å²) >= 11 is 0. The number of hydrogen-bond donors (Lipinski definition) is 0. The second kappa shape index (κ2) is 7.60. The number of ether oxygens (including phenoxy) is 1. The average molecular weight is 351 g/mol. The van der Waals surface area contributed by atoms with Gasteiger partial charge in [-0.05, 0) is 36.6 Å². The molecular formula is C21H25N3O2. The van der Waals surface area contributed by atoms with E-state index in [-0.39, 0.29) is 5.91 Å². The third-order valence-electron chi connectivity index (χ3n) is 4.21. The Kier molecular flexibility index (Phi) is 5.26. The number of nitrogens with zero attached hydrogens (tertiary/aromatic N) is 3. The lowest BCUT2D eigenvalue weighted by molar-refractivity contribution is 0.0774. The molecule has 0 unspecified atom stereocenters. The summed E-state index contributed by atoms with van der Waals surface area (Å²) in [6.07, 6.45) is 3.93. The lowest BCUT2D eigenvalue weighted by Gasteiger charge is -2.20. The number of carbonyl (C=O) groups is 1. The number of benzene rings is 1. The van der Waals surface area contributed by atoms with E-state index in [9.17, 15) is 4.79 Å². The highest BCUT2D eigenvalue weighted by atomic mass is 16.5. The van der Waals surface area contributed by atoms with Crippen molar-refractivity contribution in [1.29, 1.82) is 0 Å². The molecule has 1 amide bonds. The number of hydrogen-bond acceptors (Lipinski definition) is 3. The van der Waals surface area contributed by atoms with Crippen LogP contribution in [0.5, 0.6) is 5.75 Å². The smallest absolute Gasteiger partial charge is 0.257 e. The molecule has 26 heavy (non-hydrogen) atoms. The third-order valence-corrected chi connectivity index (χ3v) is 4.21. The Morgan fingerprint density at radius 3 is 2.73 bits per heavy atom. The van der Waals surface area contributed by atoms with Crippen molar-refractivity contribution in [1.82, 2.24) is 14.3 Å². The second-order valence-electron chi connectivity index (χ2n) is 7.02. The van der Waals surface area contributed by atoms with Crippen LogP contribution in [0.25, 0.3) is 5.65 Å². The summed E-state index contributed by atoms with van der Waals surface area (Å²) in [6, 6.07) is 11.4. The molecule has 0 spiro atoms. The van der Waals surface area contributed by atoms with Crippen LogP contribution >= 0.6 is 0 Å². The largest absolute Gasteiger partial charge is 0.486 e. The molecule has 0 radical (unpaired) electrons. The molecular weight excluding hydrogens is 326 g/mol. The molecule has 5 nitrogen and oxygen atoms in total. The molecule has 0 atom stereocenters. The summed E-state index contributed by atoms with van der Waals surface area (Å²) in [5, 5.41) is 0. The Morgan fingerprint density at radius 1 is 1.23 bits per heavy atom. The number of carbonyl (C=O) groups excluding carboxylic acids is 1. The Hall–Kier alpha value is -2.82. The van der Waals surface area contributed by atoms with Crippen molar-refractivity contribution in [3.05, 3.63) is 65.6 Å². The van der Waals surface area contributed by atoms with Crippen molar-refractivity contribution in [3.63, 3.8) is 0 Å². The first-order valence-electron chi connectivity index (χ1n) is 8.86. The van der Waals surface area contributed by atoms with E-state index < -0.39 is 0 Å². The molecule has 2 aromatic heterocycles. The molecule has 0 N–H and O–H groups in total. The number of fused-ring (bicyclic) bond motifs is 1. The van der Waals surface area contributed by atoms with Crippen LogP contribution in [0, 0.1) is 12.8 Å². The fourth-order valence-corrected chi connectivity index (χ4v) is 3.03. The van der Waals surface area contributed by atoms with Crippen LogP contribution in [0.2, 0.25) is 0 Å². The first-order chi connectivity index (χ1) is 12.5. The summed E-state index contributed by atoms with van der Waals surface area (Å²) < 4.78 is 7.93. The molecule has 3 rings (SSSR count). The zero-order valence-electron chi connectivity index (χ0n) is 15.8. The van der Waals surface area contributed by atoms with Gasteiger partial charge in [-0.1, -0.05) is 32.0 Å². The van der Waals surface area contributed by atoms with E-state index in [1.807, 2.05) is 67.2 Å². The van der Waals surface area contributed by atoms with E-state index in [0.717, 1.165) is 16.9 Å². The van der Waals surface area contributed by atoms with E-state index in [2.05, 4.69) is 18.8 Å². The summed E-state index contributed by atoms with van der Waals surface area (Å²) in [7, 11) is 1.82. The highest BCUT2D eigenvalue weighted by Gasteiger charge is 2.17. The Morgan fingerprint density at radius 2 is 2.00 bits per heavy atom. The number of aromatic nitrogens is 2. The zero-order valence-corrected chi connectivity index (χ0v) is 15.8. The topological polar surface area (TPSA) is 46.8 Å². The summed E-state index contributed by atoms with van der Waals surface area (Å²) in [6.45, 7) is 7.25. The quantitative estimate of drug-likeness (QED) is 0.675. The maximum Gasteiger partial charge on any atom is 0.257 e. The maximum atomic E-state index is 12.7. The molecule has 0 fully saturated rings. The van der Waals surface area contributed by atoms with Gasteiger partial charge in [0.15, 0.2) is 0 Å². The van der Waals surface area contributed by atoms with E-state index in [0.29, 0.717) is 30.4 Å². The number of para-hydroxylation sites is 1. The molecule has 136 valence electrons. The van der Waals surface area contributed by atoms with Crippen LogP contribution in [-0.2, 0) is 6.61 Å². The van der Waals surface area contributed by atoms with Crippen molar-refractivity contribution in [2.75, 3.05) is 13.6 Å². The van der Waals surface area contributed by atoms with Crippen LogP contribution in [-0.4, -0.2) is 33.8 Å². The normalized spacial score (nSPS) is 11.1. The predicted molar refractivity (Wildman–Crippen MR) is 103 cm³/mol. The van der Waals surface area contributed by atoms with Crippen molar-refractivity contribution in [2.24, 2.45) is 5.92 Å². The molecule has 0 aliphatic rings. The van der Waals surface area contributed by atoms with Crippen LogP contribution in [0.15, 0.2) is 48.8 Å². The molecule has 5 heteroatoms. The van der Waals surface area contributed by atoms with Crippen LogP contribution in [0.4, 0.5) is 0 Å². The fourth-order valence-electron chi connectivity index (χ4n) is 3.03. The van der Waals surface area contributed by atoms with Gasteiger partial charge >= 0.3 is 0 Å². The standard InChI is InChI=1S/C21H25N3O2/c1-15(2)12-23(4)21(25)18-9-5-6-10-19(18)26-14-17-13-24-11-7-8-16(3)20(24)22-17/h5-11,13,15H,12,14H2,1-4H3. The van der Waals surface area contributed by atoms with E-state index in [1.165, 1.54) is 0 Å². The highest BCUT2D eigenvalue weighted by molar-refractivity contribution is 5.96. The average Bonchev–Trinajstić information content (AvgIpc) is 3.03. The SMILES string of the molecule is Cc1cccn2cc(COc3ccccc3C(=O)N(C)CC(C)C)nc12. The van der Waals surface area contributed by atoms with Crippen LogP contribution in [0.1, 0.15) is 35.5 Å². The van der Waals surface area contributed by atoms with Gasteiger partial charge in [-0.25, -0.2) is 4.98 Å². The van der Waals surface area contributed by atoms with Crippen molar-refractivity contribution >= 4 is 11.6 Å². The Balaban J connectivity index is 1.77. The number of imidazole rings is 1. The van der Waals surface area contributed by atoms with Gasteiger partial charge in [0.1, 0.15) is 18.0 Å². The van der Waals surface area contributed by atoms with Crippen LogP contribution < -0.4 is 4.74 Å².